The number of carbonyl (C=O) groups is 2. The zero-order valence-electron chi connectivity index (χ0n) is 17.9. The standard InChI is InChI=1S/C26H29ClN2O2/c27-24-8-6-19(7-9-24)21-12-16-29(17-13-21)26(31)3-1-2-25(30)23-5-4-20-10-14-28-15-11-22(20)18-23/h4-9,14,18,21H,1-3,10-13,15-17H2. The number of benzene rings is 2. The summed E-state index contributed by atoms with van der Waals surface area (Å²) in [7, 11) is 0. The molecule has 4 nitrogen and oxygen atoms in total. The first-order valence-electron chi connectivity index (χ1n) is 11.3. The molecule has 4 rings (SSSR count). The van der Waals surface area contributed by atoms with Gasteiger partial charge >= 0.3 is 0 Å². The Labute approximate surface area is 189 Å². The first-order chi connectivity index (χ1) is 15.1. The van der Waals surface area contributed by atoms with Crippen LogP contribution in [0.1, 0.15) is 65.1 Å². The minimum Gasteiger partial charge on any atom is -0.343 e. The number of rotatable bonds is 6. The normalized spacial score (nSPS) is 16.6. The number of amides is 1. The summed E-state index contributed by atoms with van der Waals surface area (Å²) in [6, 6.07) is 14.0. The van der Waals surface area contributed by atoms with Gasteiger partial charge in [0.1, 0.15) is 0 Å². The van der Waals surface area contributed by atoms with Crippen LogP contribution < -0.4 is 0 Å². The Morgan fingerprint density at radius 1 is 1.00 bits per heavy atom. The van der Waals surface area contributed by atoms with Gasteiger partial charge in [-0.15, -0.1) is 0 Å². The molecular weight excluding hydrogens is 408 g/mol. The molecule has 5 heteroatoms. The van der Waals surface area contributed by atoms with Gasteiger partial charge in [0, 0.05) is 55.7 Å². The molecular formula is C26H29ClN2O2. The molecule has 0 saturated carbocycles. The number of fused-ring (bicyclic) bond motifs is 1. The lowest BCUT2D eigenvalue weighted by atomic mass is 9.89. The maximum Gasteiger partial charge on any atom is 0.222 e. The third kappa shape index (κ3) is 5.62. The Kier molecular flexibility index (Phi) is 7.18. The summed E-state index contributed by atoms with van der Waals surface area (Å²) in [6.07, 6.45) is 7.10. The smallest absolute Gasteiger partial charge is 0.222 e. The van der Waals surface area contributed by atoms with Crippen LogP contribution in [0.2, 0.25) is 5.02 Å². The molecule has 0 bridgehead atoms. The fourth-order valence-corrected chi connectivity index (χ4v) is 4.70. The van der Waals surface area contributed by atoms with Gasteiger partial charge in [-0.25, -0.2) is 0 Å². The van der Waals surface area contributed by atoms with Gasteiger partial charge in [-0.1, -0.05) is 35.9 Å². The molecule has 2 heterocycles. The maximum atomic E-state index is 12.6. The number of Topliss-reactive ketones (excluding diaryl/α,β-unsaturated/α-hetero) is 1. The number of aliphatic imine (C=N–C) groups is 1. The van der Waals surface area contributed by atoms with Crippen LogP contribution in [0.15, 0.2) is 47.5 Å². The first-order valence-corrected chi connectivity index (χ1v) is 11.6. The first kappa shape index (κ1) is 21.8. The van der Waals surface area contributed by atoms with E-state index in [0.717, 1.165) is 55.9 Å². The Morgan fingerprint density at radius 2 is 1.77 bits per heavy atom. The van der Waals surface area contributed by atoms with Crippen molar-refractivity contribution in [2.45, 2.75) is 50.9 Å². The summed E-state index contributed by atoms with van der Waals surface area (Å²) in [5.74, 6) is 0.783. The van der Waals surface area contributed by atoms with E-state index in [1.165, 1.54) is 16.7 Å². The van der Waals surface area contributed by atoms with Crippen molar-refractivity contribution < 1.29 is 9.59 Å². The van der Waals surface area contributed by atoms with Crippen LogP contribution in [0.3, 0.4) is 0 Å². The minimum absolute atomic E-state index is 0.127. The number of nitrogens with zero attached hydrogens (tertiary/aromatic N) is 2. The van der Waals surface area contributed by atoms with Crippen molar-refractivity contribution in [2.75, 3.05) is 19.6 Å². The third-order valence-electron chi connectivity index (χ3n) is 6.46. The van der Waals surface area contributed by atoms with Crippen LogP contribution >= 0.6 is 11.6 Å². The molecule has 0 aliphatic carbocycles. The number of halogens is 1. The van der Waals surface area contributed by atoms with Gasteiger partial charge in [0.05, 0.1) is 0 Å². The molecule has 2 aliphatic rings. The summed E-state index contributed by atoms with van der Waals surface area (Å²) in [5, 5.41) is 0.755. The fourth-order valence-electron chi connectivity index (χ4n) is 4.57. The molecule has 0 spiro atoms. The average molecular weight is 437 g/mol. The number of piperidine rings is 1. The summed E-state index contributed by atoms with van der Waals surface area (Å²) in [6.45, 7) is 2.35. The lowest BCUT2D eigenvalue weighted by Crippen LogP contribution is -2.37. The fraction of sp³-hybridized carbons (Fsp3) is 0.423. The minimum atomic E-state index is 0.127. The SMILES string of the molecule is O=C(CCCC(=O)N1CCC(c2ccc(Cl)cc2)CC1)c1ccc2c(c1)CCN=CC2. The van der Waals surface area contributed by atoms with Gasteiger partial charge < -0.3 is 4.90 Å². The molecule has 2 aliphatic heterocycles. The molecule has 0 aromatic heterocycles. The zero-order chi connectivity index (χ0) is 21.6. The second-order valence-corrected chi connectivity index (χ2v) is 8.95. The van der Waals surface area contributed by atoms with E-state index in [4.69, 9.17) is 11.6 Å². The van der Waals surface area contributed by atoms with E-state index in [1.807, 2.05) is 35.4 Å². The van der Waals surface area contributed by atoms with E-state index >= 15 is 0 Å². The molecule has 2 aromatic carbocycles. The van der Waals surface area contributed by atoms with E-state index in [1.54, 1.807) is 0 Å². The van der Waals surface area contributed by atoms with Crippen LogP contribution in [-0.2, 0) is 17.6 Å². The van der Waals surface area contributed by atoms with Crippen molar-refractivity contribution in [3.8, 4) is 0 Å². The van der Waals surface area contributed by atoms with E-state index in [2.05, 4.69) is 23.2 Å². The molecule has 1 saturated heterocycles. The van der Waals surface area contributed by atoms with E-state index in [0.29, 0.717) is 25.2 Å². The van der Waals surface area contributed by atoms with E-state index < -0.39 is 0 Å². The van der Waals surface area contributed by atoms with Gasteiger partial charge in [-0.05, 0) is 66.5 Å². The summed E-state index contributed by atoms with van der Waals surface area (Å²) >= 11 is 5.98. The van der Waals surface area contributed by atoms with Crippen LogP contribution in [0.5, 0.6) is 0 Å². The van der Waals surface area contributed by atoms with Crippen LogP contribution in [0.25, 0.3) is 0 Å². The molecule has 0 atom stereocenters. The number of ketones is 1. The van der Waals surface area contributed by atoms with Crippen molar-refractivity contribution in [3.63, 3.8) is 0 Å². The van der Waals surface area contributed by atoms with Gasteiger partial charge in [-0.2, -0.15) is 0 Å². The van der Waals surface area contributed by atoms with Crippen LogP contribution in [-0.4, -0.2) is 42.4 Å². The van der Waals surface area contributed by atoms with Crippen LogP contribution in [0.4, 0.5) is 0 Å². The second kappa shape index (κ2) is 10.2. The molecule has 1 fully saturated rings. The second-order valence-electron chi connectivity index (χ2n) is 8.51. The highest BCUT2D eigenvalue weighted by atomic mass is 35.5. The number of carbonyl (C=O) groups excluding carboxylic acids is 2. The van der Waals surface area contributed by atoms with Gasteiger partial charge in [0.2, 0.25) is 5.91 Å². The van der Waals surface area contributed by atoms with Crippen molar-refractivity contribution in [3.05, 3.63) is 69.7 Å². The summed E-state index contributed by atoms with van der Waals surface area (Å²) in [5.41, 5.74) is 4.55. The maximum absolute atomic E-state index is 12.6. The summed E-state index contributed by atoms with van der Waals surface area (Å²) < 4.78 is 0. The lowest BCUT2D eigenvalue weighted by molar-refractivity contribution is -0.132. The van der Waals surface area contributed by atoms with Crippen molar-refractivity contribution >= 4 is 29.5 Å². The molecule has 0 radical (unpaired) electrons. The van der Waals surface area contributed by atoms with Gasteiger partial charge in [0.25, 0.3) is 0 Å². The highest BCUT2D eigenvalue weighted by Crippen LogP contribution is 2.29. The monoisotopic (exact) mass is 436 g/mol. The number of likely N-dealkylation sites (tertiary alicyclic amines) is 1. The molecule has 0 unspecified atom stereocenters. The highest BCUT2D eigenvalue weighted by molar-refractivity contribution is 6.30. The summed E-state index contributed by atoms with van der Waals surface area (Å²) in [4.78, 5) is 31.5. The van der Waals surface area contributed by atoms with Gasteiger partial charge in [0.15, 0.2) is 5.78 Å². The molecule has 31 heavy (non-hydrogen) atoms. The zero-order valence-corrected chi connectivity index (χ0v) is 18.6. The highest BCUT2D eigenvalue weighted by Gasteiger charge is 2.23. The molecule has 0 N–H and O–H groups in total. The van der Waals surface area contributed by atoms with Gasteiger partial charge in [-0.3, -0.25) is 14.6 Å². The largest absolute Gasteiger partial charge is 0.343 e. The number of hydrogen-bond acceptors (Lipinski definition) is 3. The Bertz CT molecular complexity index is 960. The Morgan fingerprint density at radius 3 is 2.55 bits per heavy atom. The Balaban J connectivity index is 1.22. The predicted molar refractivity (Wildman–Crippen MR) is 125 cm³/mol. The van der Waals surface area contributed by atoms with Crippen LogP contribution in [0, 0.1) is 0 Å². The van der Waals surface area contributed by atoms with E-state index in [9.17, 15) is 9.59 Å². The molecule has 2 aromatic rings. The topological polar surface area (TPSA) is 49.7 Å². The van der Waals surface area contributed by atoms with Crippen molar-refractivity contribution in [1.82, 2.24) is 4.90 Å². The lowest BCUT2D eigenvalue weighted by Gasteiger charge is -2.32. The van der Waals surface area contributed by atoms with Crippen molar-refractivity contribution in [2.24, 2.45) is 4.99 Å². The number of hydrogen-bond donors (Lipinski definition) is 0. The molecule has 162 valence electrons. The third-order valence-corrected chi connectivity index (χ3v) is 6.71. The average Bonchev–Trinajstić information content (AvgIpc) is 3.04. The van der Waals surface area contributed by atoms with Crippen molar-refractivity contribution in [1.29, 1.82) is 0 Å². The quantitative estimate of drug-likeness (QED) is 0.579. The Hall–Kier alpha value is -2.46. The van der Waals surface area contributed by atoms with E-state index in [-0.39, 0.29) is 11.7 Å². The predicted octanol–water partition coefficient (Wildman–Crippen LogP) is 5.27. The molecule has 1 amide bonds.